The molecule has 5 nitrogen and oxygen atoms in total. The second kappa shape index (κ2) is 5.44. The van der Waals surface area contributed by atoms with Gasteiger partial charge in [-0.3, -0.25) is 4.79 Å². The zero-order valence-electron chi connectivity index (χ0n) is 10.4. The van der Waals surface area contributed by atoms with E-state index in [1.807, 2.05) is 24.3 Å². The first kappa shape index (κ1) is 12.3. The molecule has 0 bridgehead atoms. The first-order valence-corrected chi connectivity index (χ1v) is 5.80. The number of hydrogen-bond acceptors (Lipinski definition) is 4. The molecular weight excluding hydrogens is 230 g/mol. The van der Waals surface area contributed by atoms with E-state index in [0.29, 0.717) is 18.2 Å². The number of benzene rings is 1. The third-order valence-corrected chi connectivity index (χ3v) is 2.36. The van der Waals surface area contributed by atoms with Gasteiger partial charge in [-0.05, 0) is 30.2 Å². The molecule has 5 heteroatoms. The lowest BCUT2D eigenvalue weighted by atomic mass is 10.2. The molecule has 2 rings (SSSR count). The summed E-state index contributed by atoms with van der Waals surface area (Å²) in [6.07, 6.45) is 2.15. The predicted molar refractivity (Wildman–Crippen MR) is 67.1 cm³/mol. The van der Waals surface area contributed by atoms with Gasteiger partial charge < -0.3 is 4.74 Å². The quantitative estimate of drug-likeness (QED) is 0.757. The molecule has 1 heterocycles. The Hall–Kier alpha value is -2.17. The summed E-state index contributed by atoms with van der Waals surface area (Å²) < 4.78 is 7.07. The maximum Gasteiger partial charge on any atom is 0.170 e. The molecule has 0 N–H and O–H groups in total. The van der Waals surface area contributed by atoms with Crippen LogP contribution < -0.4 is 4.74 Å². The highest BCUT2D eigenvalue weighted by Gasteiger charge is 2.05. The standard InChI is InChI=1S/C13H15N3O2/c1-10(2)9-18-13-5-3-11(4-6-13)16-12(8-17)7-14-15-16/h3-8,10H,9H2,1-2H3. The smallest absolute Gasteiger partial charge is 0.170 e. The Morgan fingerprint density at radius 3 is 2.67 bits per heavy atom. The Morgan fingerprint density at radius 1 is 1.33 bits per heavy atom. The predicted octanol–water partition coefficient (Wildman–Crippen LogP) is 2.11. The van der Waals surface area contributed by atoms with E-state index in [9.17, 15) is 4.79 Å². The Balaban J connectivity index is 2.15. The van der Waals surface area contributed by atoms with Crippen molar-refractivity contribution in [3.05, 3.63) is 36.2 Å². The van der Waals surface area contributed by atoms with Crippen LogP contribution in [-0.2, 0) is 0 Å². The third kappa shape index (κ3) is 2.74. The fraction of sp³-hybridized carbons (Fsp3) is 0.308. The number of hydrogen-bond donors (Lipinski definition) is 0. The average Bonchev–Trinajstić information content (AvgIpc) is 2.85. The van der Waals surface area contributed by atoms with E-state index in [1.165, 1.54) is 10.9 Å². The Morgan fingerprint density at radius 2 is 2.06 bits per heavy atom. The number of carbonyl (C=O) groups excluding carboxylic acids is 1. The number of aromatic nitrogens is 3. The van der Waals surface area contributed by atoms with Crippen LogP contribution in [0.4, 0.5) is 0 Å². The number of carbonyl (C=O) groups is 1. The van der Waals surface area contributed by atoms with Crippen molar-refractivity contribution in [2.24, 2.45) is 5.92 Å². The molecule has 0 aliphatic rings. The largest absolute Gasteiger partial charge is 0.493 e. The molecule has 0 saturated carbocycles. The van der Waals surface area contributed by atoms with E-state index in [1.54, 1.807) is 0 Å². The highest BCUT2D eigenvalue weighted by atomic mass is 16.5. The molecule has 0 radical (unpaired) electrons. The molecule has 0 aliphatic carbocycles. The van der Waals surface area contributed by atoms with Crippen LogP contribution in [-0.4, -0.2) is 27.9 Å². The molecule has 18 heavy (non-hydrogen) atoms. The van der Waals surface area contributed by atoms with Crippen molar-refractivity contribution in [3.8, 4) is 11.4 Å². The van der Waals surface area contributed by atoms with Crippen LogP contribution in [0.25, 0.3) is 5.69 Å². The van der Waals surface area contributed by atoms with Crippen molar-refractivity contribution in [1.29, 1.82) is 0 Å². The van der Waals surface area contributed by atoms with Crippen LogP contribution in [0.15, 0.2) is 30.5 Å². The fourth-order valence-electron chi connectivity index (χ4n) is 1.47. The Kier molecular flexibility index (Phi) is 3.72. The van der Waals surface area contributed by atoms with Gasteiger partial charge in [0, 0.05) is 0 Å². The van der Waals surface area contributed by atoms with E-state index in [2.05, 4.69) is 24.2 Å². The van der Waals surface area contributed by atoms with Crippen molar-refractivity contribution in [1.82, 2.24) is 15.0 Å². The minimum absolute atomic E-state index is 0.422. The Bertz CT molecular complexity index is 517. The van der Waals surface area contributed by atoms with E-state index >= 15 is 0 Å². The van der Waals surface area contributed by atoms with E-state index in [0.717, 1.165) is 17.7 Å². The van der Waals surface area contributed by atoms with Crippen LogP contribution in [0.2, 0.25) is 0 Å². The molecule has 0 fully saturated rings. The minimum atomic E-state index is 0.422. The summed E-state index contributed by atoms with van der Waals surface area (Å²) in [5, 5.41) is 7.56. The third-order valence-electron chi connectivity index (χ3n) is 2.36. The van der Waals surface area contributed by atoms with Crippen LogP contribution in [0.3, 0.4) is 0 Å². The number of aldehydes is 1. The number of ether oxygens (including phenoxy) is 1. The van der Waals surface area contributed by atoms with E-state index in [-0.39, 0.29) is 0 Å². The summed E-state index contributed by atoms with van der Waals surface area (Å²) in [7, 11) is 0. The molecule has 0 aliphatic heterocycles. The van der Waals surface area contributed by atoms with Crippen molar-refractivity contribution in [2.45, 2.75) is 13.8 Å². The average molecular weight is 245 g/mol. The molecule has 94 valence electrons. The molecule has 0 atom stereocenters. The van der Waals surface area contributed by atoms with E-state index < -0.39 is 0 Å². The van der Waals surface area contributed by atoms with E-state index in [4.69, 9.17) is 4.74 Å². The summed E-state index contributed by atoms with van der Waals surface area (Å²) in [5.74, 6) is 1.29. The number of nitrogens with zero attached hydrogens (tertiary/aromatic N) is 3. The van der Waals surface area contributed by atoms with Gasteiger partial charge in [0.15, 0.2) is 6.29 Å². The normalized spacial score (nSPS) is 10.6. The first-order valence-electron chi connectivity index (χ1n) is 5.80. The first-order chi connectivity index (χ1) is 8.70. The van der Waals surface area contributed by atoms with Crippen LogP contribution in [0, 0.1) is 5.92 Å². The number of rotatable bonds is 5. The van der Waals surface area contributed by atoms with Crippen molar-refractivity contribution >= 4 is 6.29 Å². The van der Waals surface area contributed by atoms with Gasteiger partial charge in [0.25, 0.3) is 0 Å². The molecule has 1 aromatic carbocycles. The van der Waals surface area contributed by atoms with Gasteiger partial charge in [-0.2, -0.15) is 0 Å². The fourth-order valence-corrected chi connectivity index (χ4v) is 1.47. The van der Waals surface area contributed by atoms with Crippen LogP contribution in [0.1, 0.15) is 24.3 Å². The second-order valence-corrected chi connectivity index (χ2v) is 4.39. The lowest BCUT2D eigenvalue weighted by molar-refractivity contribution is 0.111. The molecule has 1 aromatic heterocycles. The maximum atomic E-state index is 10.8. The zero-order valence-corrected chi connectivity index (χ0v) is 10.4. The lowest BCUT2D eigenvalue weighted by Gasteiger charge is -2.09. The summed E-state index contributed by atoms with van der Waals surface area (Å²) in [5.41, 5.74) is 1.21. The van der Waals surface area contributed by atoms with Crippen LogP contribution in [0.5, 0.6) is 5.75 Å². The monoisotopic (exact) mass is 245 g/mol. The lowest BCUT2D eigenvalue weighted by Crippen LogP contribution is -2.05. The topological polar surface area (TPSA) is 57.0 Å². The molecule has 0 saturated heterocycles. The maximum absolute atomic E-state index is 10.8. The molecule has 0 spiro atoms. The molecular formula is C13H15N3O2. The van der Waals surface area contributed by atoms with Crippen molar-refractivity contribution in [3.63, 3.8) is 0 Å². The molecule has 0 unspecified atom stereocenters. The van der Waals surface area contributed by atoms with Gasteiger partial charge in [-0.15, -0.1) is 5.10 Å². The highest BCUT2D eigenvalue weighted by Crippen LogP contribution is 2.16. The van der Waals surface area contributed by atoms with Gasteiger partial charge in [0.05, 0.1) is 18.5 Å². The summed E-state index contributed by atoms with van der Waals surface area (Å²) >= 11 is 0. The van der Waals surface area contributed by atoms with Crippen LogP contribution >= 0.6 is 0 Å². The van der Waals surface area contributed by atoms with Crippen molar-refractivity contribution < 1.29 is 9.53 Å². The summed E-state index contributed by atoms with van der Waals surface area (Å²) in [6, 6.07) is 7.40. The van der Waals surface area contributed by atoms with Gasteiger partial charge in [0.2, 0.25) is 0 Å². The van der Waals surface area contributed by atoms with Gasteiger partial charge in [-0.1, -0.05) is 19.1 Å². The minimum Gasteiger partial charge on any atom is -0.493 e. The van der Waals surface area contributed by atoms with Gasteiger partial charge in [0.1, 0.15) is 11.4 Å². The summed E-state index contributed by atoms with van der Waals surface area (Å²) in [4.78, 5) is 10.8. The summed E-state index contributed by atoms with van der Waals surface area (Å²) in [6.45, 7) is 4.88. The second-order valence-electron chi connectivity index (χ2n) is 4.39. The van der Waals surface area contributed by atoms with Gasteiger partial charge >= 0.3 is 0 Å². The Labute approximate surface area is 105 Å². The molecule has 2 aromatic rings. The zero-order chi connectivity index (χ0) is 13.0. The van der Waals surface area contributed by atoms with Gasteiger partial charge in [-0.25, -0.2) is 4.68 Å². The van der Waals surface area contributed by atoms with Crippen molar-refractivity contribution in [2.75, 3.05) is 6.61 Å². The SMILES string of the molecule is CC(C)COc1ccc(-n2nncc2C=O)cc1. The molecule has 0 amide bonds. The highest BCUT2D eigenvalue weighted by molar-refractivity contribution is 5.72.